The van der Waals surface area contributed by atoms with Crippen molar-refractivity contribution in [2.24, 2.45) is 0 Å². The van der Waals surface area contributed by atoms with E-state index >= 15 is 0 Å². The van der Waals surface area contributed by atoms with E-state index in [1.807, 2.05) is 66.9 Å². The van der Waals surface area contributed by atoms with Crippen molar-refractivity contribution in [1.82, 2.24) is 15.3 Å². The Hall–Kier alpha value is -4.36. The summed E-state index contributed by atoms with van der Waals surface area (Å²) in [6, 6.07) is 22.3. The number of amides is 1. The summed E-state index contributed by atoms with van der Waals surface area (Å²) in [5.41, 5.74) is 4.62. The van der Waals surface area contributed by atoms with Gasteiger partial charge in [-0.2, -0.15) is 0 Å². The number of aromatic nitrogens is 2. The van der Waals surface area contributed by atoms with Crippen LogP contribution in [0.5, 0.6) is 11.5 Å². The molecule has 1 amide bonds. The van der Waals surface area contributed by atoms with Gasteiger partial charge in [0.15, 0.2) is 0 Å². The Morgan fingerprint density at radius 1 is 0.972 bits per heavy atom. The van der Waals surface area contributed by atoms with E-state index in [9.17, 15) is 9.90 Å². The number of para-hydroxylation sites is 2. The standard InChI is InChI=1S/C29H27N3O4/c1-35-21-12-18(13-22(14-21)36-2)28-15-25(24-8-4-6-10-27(24)32-28)29(34)31-20(17-33)11-19-16-30-26-9-5-3-7-23(19)26/h3-10,12-16,20,30,33H,11,17H2,1-2H3,(H,31,34)/t20-/m1/s1. The fourth-order valence-corrected chi connectivity index (χ4v) is 4.46. The number of carbonyl (C=O) groups is 1. The van der Waals surface area contributed by atoms with Crippen LogP contribution in [0.15, 0.2) is 79.0 Å². The van der Waals surface area contributed by atoms with Crippen LogP contribution in [-0.2, 0) is 6.42 Å². The summed E-state index contributed by atoms with van der Waals surface area (Å²) in [5.74, 6) is 0.984. The zero-order chi connectivity index (χ0) is 25.1. The van der Waals surface area contributed by atoms with Gasteiger partial charge in [-0.25, -0.2) is 4.98 Å². The van der Waals surface area contributed by atoms with Crippen molar-refractivity contribution in [3.63, 3.8) is 0 Å². The van der Waals surface area contributed by atoms with Crippen molar-refractivity contribution in [3.8, 4) is 22.8 Å². The third-order valence-corrected chi connectivity index (χ3v) is 6.30. The number of hydrogen-bond acceptors (Lipinski definition) is 5. The fourth-order valence-electron chi connectivity index (χ4n) is 4.46. The second kappa shape index (κ2) is 10.1. The highest BCUT2D eigenvalue weighted by Crippen LogP contribution is 2.31. The molecule has 0 aliphatic carbocycles. The second-order valence-electron chi connectivity index (χ2n) is 8.59. The van der Waals surface area contributed by atoms with Gasteiger partial charge in [0.1, 0.15) is 11.5 Å². The predicted octanol–water partition coefficient (Wildman–Crippen LogP) is 4.73. The fraction of sp³-hybridized carbons (Fsp3) is 0.172. The number of nitrogens with one attached hydrogen (secondary N) is 2. The van der Waals surface area contributed by atoms with Gasteiger partial charge in [-0.1, -0.05) is 36.4 Å². The van der Waals surface area contributed by atoms with E-state index in [0.29, 0.717) is 34.7 Å². The van der Waals surface area contributed by atoms with Crippen molar-refractivity contribution < 1.29 is 19.4 Å². The zero-order valence-corrected chi connectivity index (χ0v) is 20.1. The molecule has 0 fully saturated rings. The van der Waals surface area contributed by atoms with Crippen LogP contribution in [0, 0.1) is 0 Å². The van der Waals surface area contributed by atoms with E-state index < -0.39 is 6.04 Å². The Morgan fingerprint density at radius 3 is 2.39 bits per heavy atom. The highest BCUT2D eigenvalue weighted by molar-refractivity contribution is 6.07. The number of aliphatic hydroxyl groups excluding tert-OH is 1. The number of rotatable bonds is 8. The minimum atomic E-state index is -0.455. The van der Waals surface area contributed by atoms with Gasteiger partial charge in [0, 0.05) is 34.1 Å². The number of methoxy groups -OCH3 is 2. The lowest BCUT2D eigenvalue weighted by molar-refractivity contribution is 0.0918. The van der Waals surface area contributed by atoms with E-state index in [1.165, 1.54) is 0 Å². The number of H-pyrrole nitrogens is 1. The lowest BCUT2D eigenvalue weighted by Crippen LogP contribution is -2.39. The van der Waals surface area contributed by atoms with Crippen molar-refractivity contribution >= 4 is 27.7 Å². The van der Waals surface area contributed by atoms with Gasteiger partial charge in [-0.05, 0) is 42.3 Å². The molecule has 182 valence electrons. The number of fused-ring (bicyclic) bond motifs is 2. The summed E-state index contributed by atoms with van der Waals surface area (Å²) in [6.45, 7) is -0.186. The van der Waals surface area contributed by atoms with E-state index in [0.717, 1.165) is 27.4 Å². The molecule has 0 aliphatic rings. The molecule has 2 heterocycles. The van der Waals surface area contributed by atoms with E-state index in [1.54, 1.807) is 26.4 Å². The summed E-state index contributed by atoms with van der Waals surface area (Å²) >= 11 is 0. The zero-order valence-electron chi connectivity index (χ0n) is 20.1. The molecule has 3 aromatic carbocycles. The molecule has 0 spiro atoms. The normalized spacial score (nSPS) is 12.0. The van der Waals surface area contributed by atoms with Crippen LogP contribution in [0.1, 0.15) is 15.9 Å². The van der Waals surface area contributed by atoms with E-state index in [4.69, 9.17) is 14.5 Å². The number of benzene rings is 3. The first-order valence-corrected chi connectivity index (χ1v) is 11.7. The summed E-state index contributed by atoms with van der Waals surface area (Å²) in [6.07, 6.45) is 2.42. The van der Waals surface area contributed by atoms with E-state index in [2.05, 4.69) is 10.3 Å². The van der Waals surface area contributed by atoms with Crippen LogP contribution >= 0.6 is 0 Å². The molecular formula is C29H27N3O4. The molecular weight excluding hydrogens is 454 g/mol. The second-order valence-corrected chi connectivity index (χ2v) is 8.59. The first kappa shape index (κ1) is 23.4. The summed E-state index contributed by atoms with van der Waals surface area (Å²) in [5, 5.41) is 14.9. The summed E-state index contributed by atoms with van der Waals surface area (Å²) in [7, 11) is 3.18. The lowest BCUT2D eigenvalue weighted by atomic mass is 10.0. The van der Waals surface area contributed by atoms with Crippen LogP contribution < -0.4 is 14.8 Å². The molecule has 7 heteroatoms. The third kappa shape index (κ3) is 4.61. The molecule has 0 radical (unpaired) electrons. The van der Waals surface area contributed by atoms with Crippen molar-refractivity contribution in [1.29, 1.82) is 0 Å². The number of carbonyl (C=O) groups excluding carboxylic acids is 1. The summed E-state index contributed by atoms with van der Waals surface area (Å²) in [4.78, 5) is 21.6. The molecule has 5 rings (SSSR count). The molecule has 0 unspecified atom stereocenters. The molecule has 2 aromatic heterocycles. The molecule has 1 atom stereocenters. The average molecular weight is 482 g/mol. The number of pyridine rings is 1. The molecule has 0 saturated carbocycles. The largest absolute Gasteiger partial charge is 0.497 e. The van der Waals surface area contributed by atoms with Crippen LogP contribution in [-0.4, -0.2) is 47.8 Å². The highest BCUT2D eigenvalue weighted by atomic mass is 16.5. The van der Waals surface area contributed by atoms with Gasteiger partial charge >= 0.3 is 0 Å². The Bertz CT molecular complexity index is 1520. The predicted molar refractivity (Wildman–Crippen MR) is 141 cm³/mol. The van der Waals surface area contributed by atoms with Gasteiger partial charge < -0.3 is 24.9 Å². The number of aromatic amines is 1. The monoisotopic (exact) mass is 481 g/mol. The van der Waals surface area contributed by atoms with Gasteiger partial charge in [-0.15, -0.1) is 0 Å². The Morgan fingerprint density at radius 2 is 1.67 bits per heavy atom. The van der Waals surface area contributed by atoms with Gasteiger partial charge in [-0.3, -0.25) is 4.79 Å². The Kier molecular flexibility index (Phi) is 6.56. The molecule has 0 aliphatic heterocycles. The number of aliphatic hydroxyl groups is 1. The van der Waals surface area contributed by atoms with Crippen LogP contribution in [0.2, 0.25) is 0 Å². The van der Waals surface area contributed by atoms with Crippen molar-refractivity contribution in [2.75, 3.05) is 20.8 Å². The molecule has 3 N–H and O–H groups in total. The minimum absolute atomic E-state index is 0.186. The van der Waals surface area contributed by atoms with Gasteiger partial charge in [0.25, 0.3) is 5.91 Å². The van der Waals surface area contributed by atoms with Crippen LogP contribution in [0.25, 0.3) is 33.1 Å². The molecule has 0 saturated heterocycles. The average Bonchev–Trinajstić information content (AvgIpc) is 3.34. The lowest BCUT2D eigenvalue weighted by Gasteiger charge is -2.18. The minimum Gasteiger partial charge on any atom is -0.497 e. The highest BCUT2D eigenvalue weighted by Gasteiger charge is 2.19. The topological polar surface area (TPSA) is 96.5 Å². The van der Waals surface area contributed by atoms with Gasteiger partial charge in [0.05, 0.1) is 43.6 Å². The smallest absolute Gasteiger partial charge is 0.252 e. The van der Waals surface area contributed by atoms with Crippen LogP contribution in [0.4, 0.5) is 0 Å². The third-order valence-electron chi connectivity index (χ3n) is 6.30. The maximum Gasteiger partial charge on any atom is 0.252 e. The number of ether oxygens (including phenoxy) is 2. The first-order valence-electron chi connectivity index (χ1n) is 11.7. The Labute approximate surface area is 208 Å². The van der Waals surface area contributed by atoms with Gasteiger partial charge in [0.2, 0.25) is 0 Å². The van der Waals surface area contributed by atoms with Crippen molar-refractivity contribution in [2.45, 2.75) is 12.5 Å². The summed E-state index contributed by atoms with van der Waals surface area (Å²) < 4.78 is 10.8. The quantitative estimate of drug-likeness (QED) is 0.298. The van der Waals surface area contributed by atoms with Crippen LogP contribution in [0.3, 0.4) is 0 Å². The molecule has 0 bridgehead atoms. The Balaban J connectivity index is 1.50. The maximum atomic E-state index is 13.5. The molecule has 7 nitrogen and oxygen atoms in total. The van der Waals surface area contributed by atoms with Crippen molar-refractivity contribution in [3.05, 3.63) is 90.1 Å². The number of hydrogen-bond donors (Lipinski definition) is 3. The van der Waals surface area contributed by atoms with E-state index in [-0.39, 0.29) is 12.5 Å². The first-order chi connectivity index (χ1) is 17.6. The maximum absolute atomic E-state index is 13.5. The number of nitrogens with zero attached hydrogens (tertiary/aromatic N) is 1. The molecule has 36 heavy (non-hydrogen) atoms. The molecule has 5 aromatic rings. The SMILES string of the molecule is COc1cc(OC)cc(-c2cc(C(=O)N[C@@H](CO)Cc3c[nH]c4ccccc34)c3ccccc3n2)c1.